The number of benzene rings is 2. The molecule has 0 aliphatic carbocycles. The molecule has 0 saturated heterocycles. The molecule has 10 heteroatoms. The van der Waals surface area contributed by atoms with E-state index in [1.807, 2.05) is 0 Å². The minimum Gasteiger partial charge on any atom is -0.355 e. The number of hydrogen-bond acceptors (Lipinski definition) is 4. The molecule has 1 atom stereocenters. The van der Waals surface area contributed by atoms with Crippen LogP contribution in [0.15, 0.2) is 42.5 Å². The van der Waals surface area contributed by atoms with E-state index in [0.717, 1.165) is 10.6 Å². The van der Waals surface area contributed by atoms with Crippen LogP contribution in [0, 0.1) is 6.92 Å². The number of nitrogens with zero attached hydrogens (tertiary/aromatic N) is 2. The standard InChI is InChI=1S/C23H29Cl2N3O4S/c1-5-20(23(30)26-6-2)27(14-17-18(24)11-9-12-19(17)25)22(29)15-28(33(4,31)32)21-13-8-7-10-16(21)3/h7-13,20H,5-6,14-15H2,1-4H3,(H,26,30)/t20-/m0/s1. The molecular weight excluding hydrogens is 485 g/mol. The maximum atomic E-state index is 13.6. The Bertz CT molecular complexity index is 1090. The highest BCUT2D eigenvalue weighted by molar-refractivity contribution is 7.92. The zero-order chi connectivity index (χ0) is 24.8. The number of amides is 2. The third-order valence-electron chi connectivity index (χ3n) is 5.19. The van der Waals surface area contributed by atoms with Crippen LogP contribution >= 0.6 is 23.2 Å². The first-order valence-corrected chi connectivity index (χ1v) is 13.1. The summed E-state index contributed by atoms with van der Waals surface area (Å²) < 4.78 is 26.3. The van der Waals surface area contributed by atoms with Crippen molar-refractivity contribution >= 4 is 50.7 Å². The van der Waals surface area contributed by atoms with E-state index in [4.69, 9.17) is 23.2 Å². The summed E-state index contributed by atoms with van der Waals surface area (Å²) in [6.45, 7) is 5.21. The van der Waals surface area contributed by atoms with Crippen LogP contribution in [0.4, 0.5) is 5.69 Å². The Hall–Kier alpha value is -2.29. The molecule has 2 rings (SSSR count). The Kier molecular flexibility index (Phi) is 9.57. The lowest BCUT2D eigenvalue weighted by atomic mass is 10.1. The van der Waals surface area contributed by atoms with Crippen LogP contribution in [0.25, 0.3) is 0 Å². The molecule has 0 bridgehead atoms. The molecule has 0 spiro atoms. The predicted octanol–water partition coefficient (Wildman–Crippen LogP) is 4.01. The van der Waals surface area contributed by atoms with Crippen molar-refractivity contribution in [2.75, 3.05) is 23.7 Å². The molecule has 0 aliphatic heterocycles. The number of halogens is 2. The van der Waals surface area contributed by atoms with Gasteiger partial charge in [-0.15, -0.1) is 0 Å². The smallest absolute Gasteiger partial charge is 0.244 e. The summed E-state index contributed by atoms with van der Waals surface area (Å²) in [6.07, 6.45) is 1.37. The van der Waals surface area contributed by atoms with Crippen LogP contribution in [0.5, 0.6) is 0 Å². The molecule has 2 aromatic carbocycles. The van der Waals surface area contributed by atoms with E-state index in [0.29, 0.717) is 39.8 Å². The summed E-state index contributed by atoms with van der Waals surface area (Å²) in [5, 5.41) is 3.44. The van der Waals surface area contributed by atoms with Gasteiger partial charge < -0.3 is 10.2 Å². The average Bonchev–Trinajstić information content (AvgIpc) is 2.74. The van der Waals surface area contributed by atoms with Gasteiger partial charge in [-0.1, -0.05) is 54.4 Å². The van der Waals surface area contributed by atoms with E-state index in [2.05, 4.69) is 5.32 Å². The molecule has 180 valence electrons. The van der Waals surface area contributed by atoms with Crippen molar-refractivity contribution in [1.29, 1.82) is 0 Å². The number of aryl methyl sites for hydroxylation is 1. The lowest BCUT2D eigenvalue weighted by molar-refractivity contribution is -0.140. The van der Waals surface area contributed by atoms with Gasteiger partial charge in [0.05, 0.1) is 11.9 Å². The van der Waals surface area contributed by atoms with Gasteiger partial charge in [-0.05, 0) is 44.0 Å². The van der Waals surface area contributed by atoms with Gasteiger partial charge in [0.25, 0.3) is 0 Å². The van der Waals surface area contributed by atoms with Crippen molar-refractivity contribution in [1.82, 2.24) is 10.2 Å². The molecule has 0 saturated carbocycles. The summed E-state index contributed by atoms with van der Waals surface area (Å²) in [5.74, 6) is -0.879. The molecule has 2 amide bonds. The van der Waals surface area contributed by atoms with Gasteiger partial charge in [-0.3, -0.25) is 13.9 Å². The molecule has 1 N–H and O–H groups in total. The predicted molar refractivity (Wildman–Crippen MR) is 133 cm³/mol. The van der Waals surface area contributed by atoms with E-state index >= 15 is 0 Å². The number of hydrogen-bond donors (Lipinski definition) is 1. The van der Waals surface area contributed by atoms with E-state index in [1.165, 1.54) is 4.90 Å². The van der Waals surface area contributed by atoms with Gasteiger partial charge in [-0.2, -0.15) is 0 Å². The zero-order valence-corrected chi connectivity index (χ0v) is 21.5. The molecule has 0 heterocycles. The monoisotopic (exact) mass is 513 g/mol. The number of sulfonamides is 1. The Morgan fingerprint density at radius 2 is 1.64 bits per heavy atom. The van der Waals surface area contributed by atoms with E-state index in [-0.39, 0.29) is 12.5 Å². The Morgan fingerprint density at radius 3 is 2.15 bits per heavy atom. The molecular formula is C23H29Cl2N3O4S. The molecule has 0 aliphatic rings. The van der Waals surface area contributed by atoms with Crippen molar-refractivity contribution in [3.8, 4) is 0 Å². The van der Waals surface area contributed by atoms with Crippen molar-refractivity contribution in [3.05, 3.63) is 63.6 Å². The van der Waals surface area contributed by atoms with Crippen molar-refractivity contribution in [2.45, 2.75) is 39.8 Å². The second-order valence-corrected chi connectivity index (χ2v) is 10.3. The molecule has 0 aromatic heterocycles. The zero-order valence-electron chi connectivity index (χ0n) is 19.1. The number of rotatable bonds is 10. The molecule has 0 unspecified atom stereocenters. The van der Waals surface area contributed by atoms with Crippen LogP contribution < -0.4 is 9.62 Å². The van der Waals surface area contributed by atoms with Gasteiger partial charge in [0.2, 0.25) is 21.8 Å². The van der Waals surface area contributed by atoms with Crippen molar-refractivity contribution in [2.24, 2.45) is 0 Å². The van der Waals surface area contributed by atoms with E-state index in [1.54, 1.807) is 63.2 Å². The fraction of sp³-hybridized carbons (Fsp3) is 0.391. The number of carbonyl (C=O) groups excluding carboxylic acids is 2. The molecule has 33 heavy (non-hydrogen) atoms. The summed E-state index contributed by atoms with van der Waals surface area (Å²) in [6, 6.07) is 11.0. The van der Waals surface area contributed by atoms with E-state index in [9.17, 15) is 18.0 Å². The third kappa shape index (κ3) is 6.85. The summed E-state index contributed by atoms with van der Waals surface area (Å²) >= 11 is 12.7. The summed E-state index contributed by atoms with van der Waals surface area (Å²) in [4.78, 5) is 27.7. The Labute approximate surface area is 205 Å². The van der Waals surface area contributed by atoms with Gasteiger partial charge >= 0.3 is 0 Å². The second kappa shape index (κ2) is 11.7. The number of anilines is 1. The molecule has 7 nitrogen and oxygen atoms in total. The minimum absolute atomic E-state index is 0.0433. The lowest BCUT2D eigenvalue weighted by Crippen LogP contribution is -2.52. The first-order valence-electron chi connectivity index (χ1n) is 10.5. The summed E-state index contributed by atoms with van der Waals surface area (Å²) in [7, 11) is -3.79. The van der Waals surface area contributed by atoms with Crippen molar-refractivity contribution < 1.29 is 18.0 Å². The lowest BCUT2D eigenvalue weighted by Gasteiger charge is -2.33. The van der Waals surface area contributed by atoms with Crippen LogP contribution in [0.2, 0.25) is 10.0 Å². The quantitative estimate of drug-likeness (QED) is 0.519. The van der Waals surface area contributed by atoms with Crippen LogP contribution in [0.3, 0.4) is 0 Å². The SMILES string of the molecule is CCNC(=O)[C@H](CC)N(Cc1c(Cl)cccc1Cl)C(=O)CN(c1ccccc1C)S(C)(=O)=O. The molecule has 2 aromatic rings. The van der Waals surface area contributed by atoms with Gasteiger partial charge in [0.1, 0.15) is 12.6 Å². The normalized spacial score (nSPS) is 12.2. The highest BCUT2D eigenvalue weighted by atomic mass is 35.5. The number of likely N-dealkylation sites (N-methyl/N-ethyl adjacent to an activating group) is 1. The fourth-order valence-electron chi connectivity index (χ4n) is 3.50. The van der Waals surface area contributed by atoms with Gasteiger partial charge in [0.15, 0.2) is 0 Å². The average molecular weight is 514 g/mol. The largest absolute Gasteiger partial charge is 0.355 e. The minimum atomic E-state index is -3.79. The topological polar surface area (TPSA) is 86.8 Å². The molecule has 0 radical (unpaired) electrons. The highest BCUT2D eigenvalue weighted by Gasteiger charge is 2.32. The number of nitrogens with one attached hydrogen (secondary N) is 1. The van der Waals surface area contributed by atoms with Crippen LogP contribution in [0.1, 0.15) is 31.4 Å². The number of para-hydroxylation sites is 1. The first-order chi connectivity index (χ1) is 15.5. The van der Waals surface area contributed by atoms with Crippen LogP contribution in [-0.4, -0.2) is 50.5 Å². The van der Waals surface area contributed by atoms with Crippen LogP contribution in [-0.2, 0) is 26.2 Å². The fourth-order valence-corrected chi connectivity index (χ4v) is 4.93. The maximum Gasteiger partial charge on any atom is 0.244 e. The second-order valence-electron chi connectivity index (χ2n) is 7.60. The van der Waals surface area contributed by atoms with Gasteiger partial charge in [0, 0.05) is 28.7 Å². The Balaban J connectivity index is 2.51. The Morgan fingerprint density at radius 1 is 1.03 bits per heavy atom. The summed E-state index contributed by atoms with van der Waals surface area (Å²) in [5.41, 5.74) is 1.58. The first kappa shape index (κ1) is 27.0. The third-order valence-corrected chi connectivity index (χ3v) is 7.03. The van der Waals surface area contributed by atoms with E-state index < -0.39 is 28.5 Å². The maximum absolute atomic E-state index is 13.6. The molecule has 0 fully saturated rings. The van der Waals surface area contributed by atoms with Crippen molar-refractivity contribution in [3.63, 3.8) is 0 Å². The van der Waals surface area contributed by atoms with Gasteiger partial charge in [-0.25, -0.2) is 8.42 Å². The highest BCUT2D eigenvalue weighted by Crippen LogP contribution is 2.28. The number of carbonyl (C=O) groups is 2.